The molecule has 4 rings (SSSR count). The number of carbonyl (C=O) groups is 1. The molecule has 1 saturated heterocycles. The summed E-state index contributed by atoms with van der Waals surface area (Å²) >= 11 is 0. The summed E-state index contributed by atoms with van der Waals surface area (Å²) < 4.78 is 0. The van der Waals surface area contributed by atoms with E-state index in [-0.39, 0.29) is 5.92 Å². The number of rotatable bonds is 3. The largest absolute Gasteiger partial charge is 0.362 e. The van der Waals surface area contributed by atoms with E-state index < -0.39 is 0 Å². The van der Waals surface area contributed by atoms with Gasteiger partial charge in [-0.3, -0.25) is 4.79 Å². The van der Waals surface area contributed by atoms with Crippen molar-refractivity contribution in [1.29, 1.82) is 0 Å². The maximum Gasteiger partial charge on any atom is 0.227 e. The Bertz CT molecular complexity index is 653. The van der Waals surface area contributed by atoms with E-state index in [0.717, 1.165) is 55.5 Å². The Morgan fingerprint density at radius 2 is 1.88 bits per heavy atom. The van der Waals surface area contributed by atoms with Gasteiger partial charge in [0, 0.05) is 51.6 Å². The molecule has 1 amide bonds. The lowest BCUT2D eigenvalue weighted by atomic mass is 10.0. The molecule has 2 fully saturated rings. The van der Waals surface area contributed by atoms with E-state index in [0.29, 0.717) is 18.4 Å². The second kappa shape index (κ2) is 5.90. The number of aromatic nitrogens is 2. The zero-order valence-corrected chi connectivity index (χ0v) is 15.0. The Labute approximate surface area is 143 Å². The highest BCUT2D eigenvalue weighted by Gasteiger charge is 2.42. The van der Waals surface area contributed by atoms with Crippen LogP contribution < -0.4 is 9.80 Å². The van der Waals surface area contributed by atoms with Crippen molar-refractivity contribution in [1.82, 2.24) is 14.9 Å². The van der Waals surface area contributed by atoms with Gasteiger partial charge in [0.2, 0.25) is 11.9 Å². The van der Waals surface area contributed by atoms with Gasteiger partial charge in [0.15, 0.2) is 0 Å². The van der Waals surface area contributed by atoms with Crippen LogP contribution in [-0.4, -0.2) is 54.5 Å². The second-order valence-electron chi connectivity index (χ2n) is 7.69. The van der Waals surface area contributed by atoms with Gasteiger partial charge in [0.1, 0.15) is 5.82 Å². The van der Waals surface area contributed by atoms with Crippen molar-refractivity contribution in [3.8, 4) is 0 Å². The highest BCUT2D eigenvalue weighted by Crippen LogP contribution is 2.40. The Hall–Kier alpha value is -1.85. The molecule has 3 heterocycles. The average molecular weight is 329 g/mol. The van der Waals surface area contributed by atoms with E-state index in [9.17, 15) is 4.79 Å². The van der Waals surface area contributed by atoms with Crippen molar-refractivity contribution in [3.63, 3.8) is 0 Å². The standard InChI is InChI=1S/C18H27N5O/c1-12-10-13(12)17(24)23-9-6-15-14(11-23)16(21(2)3)20-18(19-15)22-7-4-5-8-22/h12-13H,4-11H2,1-3H3/t12-,13-/m0/s1. The molecular weight excluding hydrogens is 302 g/mol. The predicted molar refractivity (Wildman–Crippen MR) is 94.2 cm³/mol. The third kappa shape index (κ3) is 2.72. The molecule has 0 radical (unpaired) electrons. The van der Waals surface area contributed by atoms with Crippen molar-refractivity contribution in [2.75, 3.05) is 43.5 Å². The number of carbonyl (C=O) groups excluding carboxylic acids is 1. The van der Waals surface area contributed by atoms with Crippen LogP contribution in [0.4, 0.5) is 11.8 Å². The van der Waals surface area contributed by atoms with Crippen LogP contribution in [0.2, 0.25) is 0 Å². The maximum atomic E-state index is 12.6. The molecule has 0 bridgehead atoms. The monoisotopic (exact) mass is 329 g/mol. The zero-order valence-electron chi connectivity index (χ0n) is 15.0. The van der Waals surface area contributed by atoms with Gasteiger partial charge in [-0.15, -0.1) is 0 Å². The van der Waals surface area contributed by atoms with Crippen molar-refractivity contribution in [3.05, 3.63) is 11.3 Å². The molecule has 6 nitrogen and oxygen atoms in total. The zero-order chi connectivity index (χ0) is 16.8. The van der Waals surface area contributed by atoms with E-state index in [1.54, 1.807) is 0 Å². The van der Waals surface area contributed by atoms with Gasteiger partial charge < -0.3 is 14.7 Å². The fourth-order valence-corrected chi connectivity index (χ4v) is 3.90. The van der Waals surface area contributed by atoms with Gasteiger partial charge in [-0.2, -0.15) is 4.98 Å². The quantitative estimate of drug-likeness (QED) is 0.844. The third-order valence-corrected chi connectivity index (χ3v) is 5.58. The first-order valence-electron chi connectivity index (χ1n) is 9.15. The van der Waals surface area contributed by atoms with Crippen LogP contribution in [0.25, 0.3) is 0 Å². The Balaban J connectivity index is 1.63. The van der Waals surface area contributed by atoms with Crippen LogP contribution in [0.3, 0.4) is 0 Å². The average Bonchev–Trinajstić information content (AvgIpc) is 3.08. The number of amides is 1. The van der Waals surface area contributed by atoms with Crippen molar-refractivity contribution in [2.24, 2.45) is 11.8 Å². The fraction of sp³-hybridized carbons (Fsp3) is 0.722. The van der Waals surface area contributed by atoms with Gasteiger partial charge in [0.05, 0.1) is 12.2 Å². The van der Waals surface area contributed by atoms with Crippen LogP contribution in [-0.2, 0) is 17.8 Å². The highest BCUT2D eigenvalue weighted by atomic mass is 16.2. The molecule has 2 aliphatic heterocycles. The summed E-state index contributed by atoms with van der Waals surface area (Å²) in [6.45, 7) is 5.71. The lowest BCUT2D eigenvalue weighted by Crippen LogP contribution is -2.39. The first-order chi connectivity index (χ1) is 11.5. The molecule has 6 heteroatoms. The topological polar surface area (TPSA) is 52.6 Å². The van der Waals surface area contributed by atoms with Crippen molar-refractivity contribution in [2.45, 2.75) is 39.2 Å². The summed E-state index contributed by atoms with van der Waals surface area (Å²) in [7, 11) is 4.06. The number of fused-ring (bicyclic) bond motifs is 1. The molecule has 3 aliphatic rings. The number of hydrogen-bond donors (Lipinski definition) is 0. The third-order valence-electron chi connectivity index (χ3n) is 5.58. The summed E-state index contributed by atoms with van der Waals surface area (Å²) in [5.74, 6) is 2.97. The minimum atomic E-state index is 0.249. The Morgan fingerprint density at radius 3 is 2.50 bits per heavy atom. The van der Waals surface area contributed by atoms with Crippen molar-refractivity contribution >= 4 is 17.7 Å². The van der Waals surface area contributed by atoms with Gasteiger partial charge >= 0.3 is 0 Å². The van der Waals surface area contributed by atoms with Crippen LogP contribution in [0.5, 0.6) is 0 Å². The number of anilines is 2. The van der Waals surface area contributed by atoms with E-state index in [1.165, 1.54) is 12.8 Å². The molecule has 0 N–H and O–H groups in total. The fourth-order valence-electron chi connectivity index (χ4n) is 3.90. The van der Waals surface area contributed by atoms with E-state index in [1.807, 2.05) is 19.0 Å². The van der Waals surface area contributed by atoms with Crippen molar-refractivity contribution < 1.29 is 4.79 Å². The smallest absolute Gasteiger partial charge is 0.227 e. The molecule has 2 atom stereocenters. The minimum absolute atomic E-state index is 0.249. The lowest BCUT2D eigenvalue weighted by molar-refractivity contribution is -0.133. The summed E-state index contributed by atoms with van der Waals surface area (Å²) in [5.41, 5.74) is 2.26. The van der Waals surface area contributed by atoms with Crippen LogP contribution in [0, 0.1) is 11.8 Å². The van der Waals surface area contributed by atoms with Gasteiger partial charge in [-0.1, -0.05) is 6.92 Å². The Morgan fingerprint density at radius 1 is 1.17 bits per heavy atom. The van der Waals surface area contributed by atoms with Gasteiger partial charge in [0.25, 0.3) is 0 Å². The predicted octanol–water partition coefficient (Wildman–Crippen LogP) is 1.68. The lowest BCUT2D eigenvalue weighted by Gasteiger charge is -2.32. The molecule has 0 aromatic carbocycles. The number of nitrogens with zero attached hydrogens (tertiary/aromatic N) is 5. The first kappa shape index (κ1) is 15.7. The molecule has 1 aliphatic carbocycles. The summed E-state index contributed by atoms with van der Waals surface area (Å²) in [4.78, 5) is 28.7. The molecule has 0 spiro atoms. The number of hydrogen-bond acceptors (Lipinski definition) is 5. The molecular formula is C18H27N5O. The molecule has 1 aromatic heterocycles. The molecule has 0 unspecified atom stereocenters. The molecule has 24 heavy (non-hydrogen) atoms. The Kier molecular flexibility index (Phi) is 3.85. The second-order valence-corrected chi connectivity index (χ2v) is 7.69. The molecule has 1 aromatic rings. The van der Waals surface area contributed by atoms with E-state index in [4.69, 9.17) is 9.97 Å². The SMILES string of the molecule is C[C@H]1C[C@@H]1C(=O)N1CCc2nc(N3CCCC3)nc(N(C)C)c2C1. The maximum absolute atomic E-state index is 12.6. The normalized spacial score (nSPS) is 25.6. The minimum Gasteiger partial charge on any atom is -0.362 e. The van der Waals surface area contributed by atoms with E-state index in [2.05, 4.69) is 16.7 Å². The van der Waals surface area contributed by atoms with Crippen LogP contribution >= 0.6 is 0 Å². The summed E-state index contributed by atoms with van der Waals surface area (Å²) in [6.07, 6.45) is 4.33. The molecule has 1 saturated carbocycles. The van der Waals surface area contributed by atoms with Gasteiger partial charge in [-0.05, 0) is 25.2 Å². The van der Waals surface area contributed by atoms with Gasteiger partial charge in [-0.25, -0.2) is 4.98 Å². The first-order valence-corrected chi connectivity index (χ1v) is 9.15. The summed E-state index contributed by atoms with van der Waals surface area (Å²) in [5, 5.41) is 0. The highest BCUT2D eigenvalue weighted by molar-refractivity contribution is 5.82. The van der Waals surface area contributed by atoms with Crippen LogP contribution in [0.15, 0.2) is 0 Å². The van der Waals surface area contributed by atoms with E-state index >= 15 is 0 Å². The summed E-state index contributed by atoms with van der Waals surface area (Å²) in [6, 6.07) is 0. The molecule has 130 valence electrons. The van der Waals surface area contributed by atoms with Crippen LogP contribution in [0.1, 0.15) is 37.4 Å².